The van der Waals surface area contributed by atoms with Crippen molar-refractivity contribution in [1.82, 2.24) is 10.4 Å². The normalized spacial score (nSPS) is 12.2. The van der Waals surface area contributed by atoms with Crippen molar-refractivity contribution in [2.24, 2.45) is 5.84 Å². The van der Waals surface area contributed by atoms with Crippen molar-refractivity contribution >= 4 is 11.3 Å². The summed E-state index contributed by atoms with van der Waals surface area (Å²) in [5.41, 5.74) is 4.80. The lowest BCUT2D eigenvalue weighted by Crippen LogP contribution is -2.30. The minimum absolute atomic E-state index is 0.0819. The summed E-state index contributed by atoms with van der Waals surface area (Å²) in [4.78, 5) is 4.47. The molecule has 1 atom stereocenters. The first kappa shape index (κ1) is 14.8. The van der Waals surface area contributed by atoms with E-state index >= 15 is 0 Å². The molecule has 0 saturated carbocycles. The Labute approximate surface area is 122 Å². The van der Waals surface area contributed by atoms with Crippen molar-refractivity contribution in [3.05, 3.63) is 39.8 Å². The van der Waals surface area contributed by atoms with Crippen molar-refractivity contribution in [1.29, 1.82) is 0 Å². The molecule has 0 aliphatic rings. The smallest absolute Gasteiger partial charge is 0.165 e. The molecule has 0 radical (unpaired) electrons. The minimum Gasteiger partial charge on any atom is -0.493 e. The highest BCUT2D eigenvalue weighted by atomic mass is 32.1. The molecule has 108 valence electrons. The van der Waals surface area contributed by atoms with E-state index in [9.17, 15) is 0 Å². The lowest BCUT2D eigenvalue weighted by Gasteiger charge is -2.19. The predicted molar refractivity (Wildman–Crippen MR) is 80.2 cm³/mol. The number of nitrogens with two attached hydrogens (primary N) is 1. The standard InChI is InChI=1S/C14H19N3O2S/c1-9-16-10(8-20-9)7-12(17-15)11-5-4-6-13(18-2)14(11)19-3/h4-6,8,12,17H,7,15H2,1-3H3. The molecule has 20 heavy (non-hydrogen) atoms. The van der Waals surface area contributed by atoms with Crippen LogP contribution >= 0.6 is 11.3 Å². The molecule has 1 aromatic heterocycles. The van der Waals surface area contributed by atoms with Crippen molar-refractivity contribution in [3.63, 3.8) is 0 Å². The van der Waals surface area contributed by atoms with Gasteiger partial charge >= 0.3 is 0 Å². The van der Waals surface area contributed by atoms with E-state index in [4.69, 9.17) is 15.3 Å². The van der Waals surface area contributed by atoms with Crippen LogP contribution in [0, 0.1) is 6.92 Å². The van der Waals surface area contributed by atoms with E-state index in [1.807, 2.05) is 30.5 Å². The van der Waals surface area contributed by atoms with Gasteiger partial charge in [-0.3, -0.25) is 11.3 Å². The fraction of sp³-hybridized carbons (Fsp3) is 0.357. The third kappa shape index (κ3) is 3.09. The Morgan fingerprint density at radius 2 is 2.15 bits per heavy atom. The molecule has 0 saturated heterocycles. The Balaban J connectivity index is 2.31. The van der Waals surface area contributed by atoms with Gasteiger partial charge in [0.15, 0.2) is 11.5 Å². The molecule has 0 bridgehead atoms. The average molecular weight is 293 g/mol. The Morgan fingerprint density at radius 1 is 1.35 bits per heavy atom. The topological polar surface area (TPSA) is 69.4 Å². The second-order valence-electron chi connectivity index (χ2n) is 4.36. The number of hydrogen-bond donors (Lipinski definition) is 2. The predicted octanol–water partition coefficient (Wildman–Crippen LogP) is 2.22. The molecular weight excluding hydrogens is 274 g/mol. The number of ether oxygens (including phenoxy) is 2. The van der Waals surface area contributed by atoms with E-state index in [0.717, 1.165) is 16.3 Å². The molecule has 5 nitrogen and oxygen atoms in total. The summed E-state index contributed by atoms with van der Waals surface area (Å²) >= 11 is 1.63. The summed E-state index contributed by atoms with van der Waals surface area (Å²) in [6.07, 6.45) is 0.699. The lowest BCUT2D eigenvalue weighted by molar-refractivity contribution is 0.346. The summed E-state index contributed by atoms with van der Waals surface area (Å²) in [6, 6.07) is 5.68. The highest BCUT2D eigenvalue weighted by Gasteiger charge is 2.19. The number of nitrogens with zero attached hydrogens (tertiary/aromatic N) is 1. The molecule has 0 amide bonds. The van der Waals surface area contributed by atoms with Gasteiger partial charge in [-0.15, -0.1) is 11.3 Å². The lowest BCUT2D eigenvalue weighted by atomic mass is 10.0. The van der Waals surface area contributed by atoms with Crippen LogP contribution in [0.5, 0.6) is 11.5 Å². The second kappa shape index (κ2) is 6.69. The highest BCUT2D eigenvalue weighted by molar-refractivity contribution is 7.09. The van der Waals surface area contributed by atoms with Gasteiger partial charge in [0.05, 0.1) is 31.0 Å². The molecule has 0 spiro atoms. The fourth-order valence-corrected chi connectivity index (χ4v) is 2.78. The monoisotopic (exact) mass is 293 g/mol. The van der Waals surface area contributed by atoms with Crippen molar-refractivity contribution in [2.75, 3.05) is 14.2 Å². The molecule has 0 aliphatic heterocycles. The Bertz CT molecular complexity index is 571. The number of aromatic nitrogens is 1. The molecule has 2 aromatic rings. The van der Waals surface area contributed by atoms with E-state index in [0.29, 0.717) is 17.9 Å². The number of para-hydroxylation sites is 1. The number of aryl methyl sites for hydroxylation is 1. The summed E-state index contributed by atoms with van der Waals surface area (Å²) in [5, 5.41) is 3.10. The van der Waals surface area contributed by atoms with Gasteiger partial charge in [-0.2, -0.15) is 0 Å². The largest absolute Gasteiger partial charge is 0.493 e. The summed E-state index contributed by atoms with van der Waals surface area (Å²) in [5.74, 6) is 7.10. The number of benzene rings is 1. The Morgan fingerprint density at radius 3 is 2.70 bits per heavy atom. The fourth-order valence-electron chi connectivity index (χ4n) is 2.16. The molecule has 1 heterocycles. The third-order valence-electron chi connectivity index (χ3n) is 3.09. The first-order valence-electron chi connectivity index (χ1n) is 6.27. The van der Waals surface area contributed by atoms with E-state index in [1.165, 1.54) is 0 Å². The number of hydrazine groups is 1. The maximum absolute atomic E-state index is 5.70. The second-order valence-corrected chi connectivity index (χ2v) is 5.43. The number of thiazole rings is 1. The molecule has 6 heteroatoms. The highest BCUT2D eigenvalue weighted by Crippen LogP contribution is 2.35. The SMILES string of the molecule is COc1cccc(C(Cc2csc(C)n2)NN)c1OC. The Hall–Kier alpha value is -1.63. The van der Waals surface area contributed by atoms with Gasteiger partial charge in [-0.25, -0.2) is 4.98 Å². The van der Waals surface area contributed by atoms with Crippen molar-refractivity contribution < 1.29 is 9.47 Å². The van der Waals surface area contributed by atoms with Gasteiger partial charge < -0.3 is 9.47 Å². The van der Waals surface area contributed by atoms with Crippen LogP contribution in [0.2, 0.25) is 0 Å². The maximum atomic E-state index is 5.70. The molecule has 0 fully saturated rings. The molecule has 3 N–H and O–H groups in total. The zero-order valence-corrected chi connectivity index (χ0v) is 12.7. The number of nitrogens with one attached hydrogen (secondary N) is 1. The number of hydrogen-bond acceptors (Lipinski definition) is 6. The molecule has 1 aromatic carbocycles. The van der Waals surface area contributed by atoms with Crippen molar-refractivity contribution in [3.8, 4) is 11.5 Å². The molecular formula is C14H19N3O2S. The first-order valence-corrected chi connectivity index (χ1v) is 7.15. The summed E-state index contributed by atoms with van der Waals surface area (Å²) in [7, 11) is 3.25. The van der Waals surface area contributed by atoms with Crippen LogP contribution < -0.4 is 20.7 Å². The van der Waals surface area contributed by atoms with E-state index < -0.39 is 0 Å². The molecule has 2 rings (SSSR count). The van der Waals surface area contributed by atoms with Crippen LogP contribution in [-0.4, -0.2) is 19.2 Å². The third-order valence-corrected chi connectivity index (χ3v) is 3.91. The van der Waals surface area contributed by atoms with Gasteiger partial charge in [-0.1, -0.05) is 12.1 Å². The maximum Gasteiger partial charge on any atom is 0.165 e. The van der Waals surface area contributed by atoms with Gasteiger partial charge in [-0.05, 0) is 13.0 Å². The van der Waals surface area contributed by atoms with Gasteiger partial charge in [0, 0.05) is 17.4 Å². The van der Waals surface area contributed by atoms with Crippen LogP contribution in [0.15, 0.2) is 23.6 Å². The minimum atomic E-state index is -0.0819. The molecule has 0 aliphatic carbocycles. The van der Waals surface area contributed by atoms with Crippen LogP contribution in [0.25, 0.3) is 0 Å². The first-order chi connectivity index (χ1) is 9.69. The quantitative estimate of drug-likeness (QED) is 0.631. The zero-order chi connectivity index (χ0) is 14.5. The van der Waals surface area contributed by atoms with Crippen LogP contribution in [0.1, 0.15) is 22.3 Å². The van der Waals surface area contributed by atoms with Crippen molar-refractivity contribution in [2.45, 2.75) is 19.4 Å². The summed E-state index contributed by atoms with van der Waals surface area (Å²) < 4.78 is 10.8. The molecule has 1 unspecified atom stereocenters. The van der Waals surface area contributed by atoms with E-state index in [-0.39, 0.29) is 6.04 Å². The van der Waals surface area contributed by atoms with Crippen LogP contribution in [0.4, 0.5) is 0 Å². The van der Waals surface area contributed by atoms with Gasteiger partial charge in [0.25, 0.3) is 0 Å². The van der Waals surface area contributed by atoms with E-state index in [1.54, 1.807) is 25.6 Å². The van der Waals surface area contributed by atoms with Crippen LogP contribution in [-0.2, 0) is 6.42 Å². The number of methoxy groups -OCH3 is 2. The van der Waals surface area contributed by atoms with E-state index in [2.05, 4.69) is 10.4 Å². The number of rotatable bonds is 6. The van der Waals surface area contributed by atoms with Gasteiger partial charge in [0.1, 0.15) is 0 Å². The van der Waals surface area contributed by atoms with Gasteiger partial charge in [0.2, 0.25) is 0 Å². The zero-order valence-electron chi connectivity index (χ0n) is 11.8. The average Bonchev–Trinajstić information content (AvgIpc) is 2.89. The van der Waals surface area contributed by atoms with Crippen LogP contribution in [0.3, 0.4) is 0 Å². The summed E-state index contributed by atoms with van der Waals surface area (Å²) in [6.45, 7) is 1.99. The Kier molecular flexibility index (Phi) is 4.94.